The minimum atomic E-state index is -8.34. The fourth-order valence-corrected chi connectivity index (χ4v) is 1.87. The van der Waals surface area contributed by atoms with Crippen molar-refractivity contribution in [2.75, 3.05) is 6.61 Å². The zero-order valence-corrected chi connectivity index (χ0v) is 13.2. The SMILES string of the molecule is F[C](F)C(F)(F)C(F)(F)C(F)(F)C(F)(F)C(F)(F)C(F)(F)C(F)(F)CCC1CO1. The van der Waals surface area contributed by atoms with E-state index in [1.54, 1.807) is 0 Å². The molecule has 0 aromatic rings. The van der Waals surface area contributed by atoms with Crippen molar-refractivity contribution in [3.8, 4) is 0 Å². The molecule has 0 aromatic carbocycles. The molecule has 1 rings (SSSR count). The topological polar surface area (TPSA) is 12.5 Å². The Balaban J connectivity index is 3.41. The van der Waals surface area contributed by atoms with Crippen molar-refractivity contribution in [1.29, 1.82) is 0 Å². The van der Waals surface area contributed by atoms with Gasteiger partial charge in [-0.05, 0) is 6.42 Å². The maximum Gasteiger partial charge on any atom is 0.385 e. The maximum atomic E-state index is 13.4. The second kappa shape index (κ2) is 6.93. The van der Waals surface area contributed by atoms with Gasteiger partial charge < -0.3 is 4.74 Å². The lowest BCUT2D eigenvalue weighted by molar-refractivity contribution is -0.442. The van der Waals surface area contributed by atoms with Crippen LogP contribution in [0.15, 0.2) is 0 Å². The minimum absolute atomic E-state index is 0.321. The van der Waals surface area contributed by atoms with E-state index < -0.39 is 66.8 Å². The first-order chi connectivity index (χ1) is 12.5. The molecule has 0 saturated carbocycles. The van der Waals surface area contributed by atoms with E-state index in [4.69, 9.17) is 0 Å². The largest absolute Gasteiger partial charge is 0.385 e. The first-order valence-electron chi connectivity index (χ1n) is 6.97. The number of halogens is 16. The molecule has 17 heteroatoms. The van der Waals surface area contributed by atoms with Gasteiger partial charge in [-0.3, -0.25) is 0 Å². The third-order valence-electron chi connectivity index (χ3n) is 3.85. The van der Waals surface area contributed by atoms with Crippen molar-refractivity contribution in [2.45, 2.75) is 60.4 Å². The molecule has 0 spiro atoms. The zero-order valence-electron chi connectivity index (χ0n) is 13.2. The number of hydrogen-bond donors (Lipinski definition) is 0. The second-order valence-electron chi connectivity index (χ2n) is 5.91. The standard InChI is InChI=1S/C12H7F16O/c13-5(14)7(17,18)9(21,22)11(25,26)12(27,28)10(23,24)8(19,20)6(15,16)2-1-4-3-29-4/h4H,1-3H2. The average molecular weight is 471 g/mol. The summed E-state index contributed by atoms with van der Waals surface area (Å²) in [6.07, 6.45) is -9.68. The summed E-state index contributed by atoms with van der Waals surface area (Å²) in [4.78, 5) is 0. The van der Waals surface area contributed by atoms with Gasteiger partial charge in [-0.25, -0.2) is 0 Å². The van der Waals surface area contributed by atoms with Crippen LogP contribution in [0.25, 0.3) is 0 Å². The van der Waals surface area contributed by atoms with Crippen LogP contribution in [0, 0.1) is 6.43 Å². The lowest BCUT2D eigenvalue weighted by Crippen LogP contribution is -2.73. The Morgan fingerprint density at radius 3 is 1.31 bits per heavy atom. The molecule has 0 amide bonds. The summed E-state index contributed by atoms with van der Waals surface area (Å²) in [6, 6.07) is 0. The molecule has 0 N–H and O–H groups in total. The molecular weight excluding hydrogens is 464 g/mol. The van der Waals surface area contributed by atoms with Gasteiger partial charge >= 0.3 is 47.9 Å². The van der Waals surface area contributed by atoms with Crippen LogP contribution in [-0.4, -0.2) is 54.2 Å². The third kappa shape index (κ3) is 3.60. The highest BCUT2D eigenvalue weighted by atomic mass is 19.4. The van der Waals surface area contributed by atoms with Gasteiger partial charge in [0.05, 0.1) is 12.7 Å². The van der Waals surface area contributed by atoms with Crippen molar-refractivity contribution in [2.24, 2.45) is 0 Å². The number of epoxide rings is 1. The van der Waals surface area contributed by atoms with Gasteiger partial charge in [-0.2, -0.15) is 70.2 Å². The zero-order chi connectivity index (χ0) is 23.5. The highest BCUT2D eigenvalue weighted by Crippen LogP contribution is 2.63. The van der Waals surface area contributed by atoms with E-state index in [1.165, 1.54) is 0 Å². The lowest BCUT2D eigenvalue weighted by Gasteiger charge is -2.42. The highest BCUT2D eigenvalue weighted by molar-refractivity contribution is 5.16. The van der Waals surface area contributed by atoms with Gasteiger partial charge in [0.15, 0.2) is 0 Å². The summed E-state index contributed by atoms with van der Waals surface area (Å²) in [7, 11) is 0. The van der Waals surface area contributed by atoms with E-state index >= 15 is 0 Å². The lowest BCUT2D eigenvalue weighted by atomic mass is 9.88. The van der Waals surface area contributed by atoms with Crippen LogP contribution in [0.5, 0.6) is 0 Å². The molecule has 1 fully saturated rings. The monoisotopic (exact) mass is 471 g/mol. The maximum absolute atomic E-state index is 13.4. The molecule has 1 atom stereocenters. The van der Waals surface area contributed by atoms with E-state index in [2.05, 4.69) is 4.74 Å². The van der Waals surface area contributed by atoms with E-state index in [9.17, 15) is 70.2 Å². The van der Waals surface area contributed by atoms with Crippen LogP contribution in [0.1, 0.15) is 12.8 Å². The Morgan fingerprint density at radius 2 is 0.966 bits per heavy atom. The summed E-state index contributed by atoms with van der Waals surface area (Å²) < 4.78 is 212. The van der Waals surface area contributed by atoms with E-state index in [1.807, 2.05) is 0 Å². The predicted molar refractivity (Wildman–Crippen MR) is 59.1 cm³/mol. The molecule has 0 bridgehead atoms. The minimum Gasteiger partial charge on any atom is -0.373 e. The number of rotatable bonds is 10. The van der Waals surface area contributed by atoms with Gasteiger partial charge in [0.1, 0.15) is 0 Å². The van der Waals surface area contributed by atoms with E-state index in [-0.39, 0.29) is 6.61 Å². The molecule has 1 heterocycles. The molecule has 1 unspecified atom stereocenters. The van der Waals surface area contributed by atoms with Crippen LogP contribution < -0.4 is 0 Å². The summed E-state index contributed by atoms with van der Waals surface area (Å²) in [5.74, 6) is -54.1. The molecule has 1 saturated heterocycles. The molecule has 1 radical (unpaired) electrons. The van der Waals surface area contributed by atoms with Crippen LogP contribution in [0.2, 0.25) is 0 Å². The molecule has 1 aliphatic rings. The van der Waals surface area contributed by atoms with Crippen LogP contribution in [0.3, 0.4) is 0 Å². The summed E-state index contributed by atoms with van der Waals surface area (Å²) in [5.41, 5.74) is 0. The average Bonchev–Trinajstić information content (AvgIpc) is 3.35. The molecule has 29 heavy (non-hydrogen) atoms. The van der Waals surface area contributed by atoms with Crippen LogP contribution in [-0.2, 0) is 4.74 Å². The van der Waals surface area contributed by atoms with Gasteiger partial charge in [-0.15, -0.1) is 0 Å². The normalized spacial score (nSPS) is 20.4. The van der Waals surface area contributed by atoms with E-state index in [0.29, 0.717) is 0 Å². The van der Waals surface area contributed by atoms with Crippen molar-refractivity contribution in [1.82, 2.24) is 0 Å². The van der Waals surface area contributed by atoms with Crippen molar-refractivity contribution in [3.63, 3.8) is 0 Å². The van der Waals surface area contributed by atoms with Crippen molar-refractivity contribution >= 4 is 0 Å². The Morgan fingerprint density at radius 1 is 0.621 bits per heavy atom. The Labute approximate surface area is 150 Å². The van der Waals surface area contributed by atoms with Gasteiger partial charge in [-0.1, -0.05) is 0 Å². The number of hydrogen-bond acceptors (Lipinski definition) is 1. The predicted octanol–water partition coefficient (Wildman–Crippen LogP) is 6.04. The van der Waals surface area contributed by atoms with Gasteiger partial charge in [0.2, 0.25) is 0 Å². The fraction of sp³-hybridized carbons (Fsp3) is 0.917. The van der Waals surface area contributed by atoms with Gasteiger partial charge in [0, 0.05) is 6.42 Å². The summed E-state index contributed by atoms with van der Waals surface area (Å²) in [5, 5.41) is 0. The quantitative estimate of drug-likeness (QED) is 0.280. The van der Waals surface area contributed by atoms with Crippen LogP contribution >= 0.6 is 0 Å². The van der Waals surface area contributed by atoms with Crippen molar-refractivity contribution in [3.05, 3.63) is 6.43 Å². The number of alkyl halides is 14. The van der Waals surface area contributed by atoms with Gasteiger partial charge in [0.25, 0.3) is 0 Å². The second-order valence-corrected chi connectivity index (χ2v) is 5.91. The van der Waals surface area contributed by atoms with E-state index in [0.717, 1.165) is 0 Å². The summed E-state index contributed by atoms with van der Waals surface area (Å²) in [6.45, 7) is -0.321. The third-order valence-corrected chi connectivity index (χ3v) is 3.85. The molecule has 173 valence electrons. The first-order valence-corrected chi connectivity index (χ1v) is 6.97. The summed E-state index contributed by atoms with van der Waals surface area (Å²) >= 11 is 0. The van der Waals surface area contributed by atoms with Crippen LogP contribution in [0.4, 0.5) is 70.2 Å². The Bertz CT molecular complexity index is 593. The smallest absolute Gasteiger partial charge is 0.373 e. The Hall–Kier alpha value is -1.16. The highest BCUT2D eigenvalue weighted by Gasteiger charge is 2.93. The molecule has 1 nitrogen and oxygen atoms in total. The number of ether oxygens (including phenoxy) is 1. The molecule has 0 aliphatic carbocycles. The first kappa shape index (κ1) is 25.9. The Kier molecular flexibility index (Phi) is 6.19. The fourth-order valence-electron chi connectivity index (χ4n) is 1.87. The molecule has 0 aromatic heterocycles. The van der Waals surface area contributed by atoms with Crippen molar-refractivity contribution < 1.29 is 75.0 Å². The molecule has 1 aliphatic heterocycles. The molecular formula is C12H7F16O.